The number of carbonyl (C=O) groups excluding carboxylic acids is 2. The molecule has 3 aliphatic rings. The first-order valence-corrected chi connectivity index (χ1v) is 12.5. The lowest BCUT2D eigenvalue weighted by Gasteiger charge is -2.42. The highest BCUT2D eigenvalue weighted by atomic mass is 16.2. The minimum atomic E-state index is -0.0392. The first-order valence-electron chi connectivity index (χ1n) is 12.5. The zero-order valence-electron chi connectivity index (χ0n) is 19.1. The van der Waals surface area contributed by atoms with Gasteiger partial charge in [-0.3, -0.25) is 14.5 Å². The number of hydrogen-bond donors (Lipinski definition) is 1. The van der Waals surface area contributed by atoms with Crippen LogP contribution in [0.25, 0.3) is 0 Å². The van der Waals surface area contributed by atoms with Gasteiger partial charge in [-0.1, -0.05) is 49.6 Å². The third-order valence-corrected chi connectivity index (χ3v) is 7.69. The molecule has 3 fully saturated rings. The molecular weight excluding hydrogens is 386 g/mol. The monoisotopic (exact) mass is 425 g/mol. The second kappa shape index (κ2) is 10.6. The zero-order chi connectivity index (χ0) is 21.6. The van der Waals surface area contributed by atoms with E-state index < -0.39 is 0 Å². The zero-order valence-corrected chi connectivity index (χ0v) is 19.1. The molecule has 2 unspecified atom stereocenters. The molecule has 1 N–H and O–H groups in total. The number of carbonyl (C=O) groups is 2. The first-order chi connectivity index (χ1) is 15.1. The van der Waals surface area contributed by atoms with E-state index in [1.807, 2.05) is 11.0 Å². The molecule has 2 atom stereocenters. The smallest absolute Gasteiger partial charge is 0.237 e. The third-order valence-electron chi connectivity index (χ3n) is 7.69. The fraction of sp³-hybridized carbons (Fsp3) is 0.692. The summed E-state index contributed by atoms with van der Waals surface area (Å²) in [6.07, 6.45) is 10.0. The summed E-state index contributed by atoms with van der Waals surface area (Å²) in [4.78, 5) is 30.4. The third kappa shape index (κ3) is 5.68. The Kier molecular flexibility index (Phi) is 7.65. The molecule has 1 aliphatic heterocycles. The van der Waals surface area contributed by atoms with Gasteiger partial charge in [0.15, 0.2) is 0 Å². The van der Waals surface area contributed by atoms with Crippen LogP contribution >= 0.6 is 0 Å². The van der Waals surface area contributed by atoms with Gasteiger partial charge < -0.3 is 10.2 Å². The Balaban J connectivity index is 1.31. The summed E-state index contributed by atoms with van der Waals surface area (Å²) in [5.41, 5.74) is 1.32. The Labute approximate surface area is 187 Å². The Hall–Kier alpha value is -1.88. The first kappa shape index (κ1) is 22.3. The van der Waals surface area contributed by atoms with Crippen molar-refractivity contribution in [3.05, 3.63) is 35.9 Å². The lowest BCUT2D eigenvalue weighted by Crippen LogP contribution is -2.59. The molecule has 170 valence electrons. The van der Waals surface area contributed by atoms with Gasteiger partial charge in [-0.2, -0.15) is 0 Å². The van der Waals surface area contributed by atoms with Crippen molar-refractivity contribution in [3.8, 4) is 0 Å². The van der Waals surface area contributed by atoms with E-state index in [1.54, 1.807) is 0 Å². The van der Waals surface area contributed by atoms with Gasteiger partial charge in [0.2, 0.25) is 11.8 Å². The standard InChI is InChI=1S/C26H39N3O2/c1-20(14-15-21-8-3-2-4-9-21)27-25(30)24(22-10-5-6-11-22)28-16-18-29(19-17-28)26(31)23-12-7-13-23/h2-4,8-9,20,22-24H,5-7,10-19H2,1H3,(H,27,30). The Morgan fingerprint density at radius 2 is 1.65 bits per heavy atom. The van der Waals surface area contributed by atoms with Gasteiger partial charge in [0, 0.05) is 38.1 Å². The predicted octanol–water partition coefficient (Wildman–Crippen LogP) is 3.63. The summed E-state index contributed by atoms with van der Waals surface area (Å²) in [6, 6.07) is 10.6. The molecule has 2 amide bonds. The van der Waals surface area contributed by atoms with Crippen molar-refractivity contribution < 1.29 is 9.59 Å². The maximum Gasteiger partial charge on any atom is 0.237 e. The predicted molar refractivity (Wildman–Crippen MR) is 124 cm³/mol. The Bertz CT molecular complexity index is 719. The van der Waals surface area contributed by atoms with Gasteiger partial charge >= 0.3 is 0 Å². The van der Waals surface area contributed by atoms with Crippen molar-refractivity contribution in [1.29, 1.82) is 0 Å². The molecule has 31 heavy (non-hydrogen) atoms. The highest BCUT2D eigenvalue weighted by Gasteiger charge is 2.38. The average molecular weight is 426 g/mol. The quantitative estimate of drug-likeness (QED) is 0.692. The molecule has 2 saturated carbocycles. The highest BCUT2D eigenvalue weighted by Crippen LogP contribution is 2.32. The van der Waals surface area contributed by atoms with Crippen molar-refractivity contribution in [2.45, 2.75) is 76.8 Å². The fourth-order valence-electron chi connectivity index (χ4n) is 5.51. The van der Waals surface area contributed by atoms with Gasteiger partial charge in [-0.25, -0.2) is 0 Å². The molecule has 1 heterocycles. The van der Waals surface area contributed by atoms with Crippen LogP contribution in [-0.4, -0.2) is 59.9 Å². The van der Waals surface area contributed by atoms with E-state index in [4.69, 9.17) is 0 Å². The number of piperazine rings is 1. The van der Waals surface area contributed by atoms with E-state index in [9.17, 15) is 9.59 Å². The second-order valence-corrected chi connectivity index (χ2v) is 9.91. The van der Waals surface area contributed by atoms with Crippen LogP contribution in [0.15, 0.2) is 30.3 Å². The molecule has 1 aromatic rings. The molecule has 1 saturated heterocycles. The van der Waals surface area contributed by atoms with Crippen molar-refractivity contribution in [3.63, 3.8) is 0 Å². The van der Waals surface area contributed by atoms with Crippen LogP contribution in [0.4, 0.5) is 0 Å². The van der Waals surface area contributed by atoms with Crippen molar-refractivity contribution >= 4 is 11.8 Å². The number of nitrogens with zero attached hydrogens (tertiary/aromatic N) is 2. The summed E-state index contributed by atoms with van der Waals surface area (Å²) in [5.74, 6) is 1.27. The van der Waals surface area contributed by atoms with Gasteiger partial charge in [0.1, 0.15) is 0 Å². The van der Waals surface area contributed by atoms with Crippen LogP contribution in [0.5, 0.6) is 0 Å². The molecule has 0 spiro atoms. The van der Waals surface area contributed by atoms with Crippen LogP contribution in [0.1, 0.15) is 63.9 Å². The largest absolute Gasteiger partial charge is 0.352 e. The van der Waals surface area contributed by atoms with E-state index in [2.05, 4.69) is 41.4 Å². The maximum absolute atomic E-state index is 13.4. The lowest BCUT2D eigenvalue weighted by molar-refractivity contribution is -0.141. The van der Waals surface area contributed by atoms with Crippen LogP contribution in [-0.2, 0) is 16.0 Å². The van der Waals surface area contributed by atoms with Crippen LogP contribution in [0.3, 0.4) is 0 Å². The van der Waals surface area contributed by atoms with Crippen molar-refractivity contribution in [2.24, 2.45) is 11.8 Å². The second-order valence-electron chi connectivity index (χ2n) is 9.91. The van der Waals surface area contributed by atoms with Crippen LogP contribution < -0.4 is 5.32 Å². The Morgan fingerprint density at radius 1 is 0.968 bits per heavy atom. The maximum atomic E-state index is 13.4. The van der Waals surface area contributed by atoms with E-state index in [-0.39, 0.29) is 23.9 Å². The number of aryl methyl sites for hydroxylation is 1. The van der Waals surface area contributed by atoms with Crippen LogP contribution in [0, 0.1) is 11.8 Å². The number of benzene rings is 1. The molecule has 0 bridgehead atoms. The summed E-state index contributed by atoms with van der Waals surface area (Å²) in [7, 11) is 0. The SMILES string of the molecule is CC(CCc1ccccc1)NC(=O)C(C1CCCC1)N1CCN(C(=O)C2CCC2)CC1. The summed E-state index contributed by atoms with van der Waals surface area (Å²) in [5, 5.41) is 3.33. The molecule has 2 aliphatic carbocycles. The highest BCUT2D eigenvalue weighted by molar-refractivity contribution is 5.82. The lowest BCUT2D eigenvalue weighted by atomic mass is 9.84. The molecule has 5 nitrogen and oxygen atoms in total. The molecule has 1 aromatic carbocycles. The Morgan fingerprint density at radius 3 is 2.26 bits per heavy atom. The summed E-state index contributed by atoms with van der Waals surface area (Å²) < 4.78 is 0. The minimum Gasteiger partial charge on any atom is -0.352 e. The van der Waals surface area contributed by atoms with Crippen LogP contribution in [0.2, 0.25) is 0 Å². The van der Waals surface area contributed by atoms with Crippen molar-refractivity contribution in [2.75, 3.05) is 26.2 Å². The summed E-state index contributed by atoms with van der Waals surface area (Å²) in [6.45, 7) is 5.32. The van der Waals surface area contributed by atoms with E-state index in [0.29, 0.717) is 11.8 Å². The number of rotatable bonds is 8. The fourth-order valence-corrected chi connectivity index (χ4v) is 5.51. The number of hydrogen-bond acceptors (Lipinski definition) is 3. The van der Waals surface area contributed by atoms with Gasteiger partial charge in [0.05, 0.1) is 6.04 Å². The average Bonchev–Trinajstić information content (AvgIpc) is 3.26. The normalized spacial score (nSPS) is 22.7. The topological polar surface area (TPSA) is 52.7 Å². The summed E-state index contributed by atoms with van der Waals surface area (Å²) >= 11 is 0. The van der Waals surface area contributed by atoms with Gasteiger partial charge in [-0.15, -0.1) is 0 Å². The van der Waals surface area contributed by atoms with Gasteiger partial charge in [0.25, 0.3) is 0 Å². The van der Waals surface area contributed by atoms with Crippen molar-refractivity contribution in [1.82, 2.24) is 15.1 Å². The number of nitrogens with one attached hydrogen (secondary N) is 1. The number of amides is 2. The molecule has 0 radical (unpaired) electrons. The molecule has 0 aromatic heterocycles. The minimum absolute atomic E-state index is 0.0392. The van der Waals surface area contributed by atoms with E-state index >= 15 is 0 Å². The molecule has 4 rings (SSSR count). The van der Waals surface area contributed by atoms with Gasteiger partial charge in [-0.05, 0) is 56.9 Å². The van der Waals surface area contributed by atoms with E-state index in [1.165, 1.54) is 24.8 Å². The molecule has 5 heteroatoms. The van der Waals surface area contributed by atoms with E-state index in [0.717, 1.165) is 64.7 Å². The molecular formula is C26H39N3O2.